The number of ether oxygens (including phenoxy) is 1. The summed E-state index contributed by atoms with van der Waals surface area (Å²) < 4.78 is 5.85. The Morgan fingerprint density at radius 2 is 2.07 bits per heavy atom. The van der Waals surface area contributed by atoms with Crippen molar-refractivity contribution < 1.29 is 14.6 Å². The van der Waals surface area contributed by atoms with Crippen molar-refractivity contribution in [3.8, 4) is 0 Å². The van der Waals surface area contributed by atoms with Gasteiger partial charge in [-0.3, -0.25) is 4.79 Å². The van der Waals surface area contributed by atoms with Crippen molar-refractivity contribution in [3.05, 3.63) is 33.4 Å². The first-order chi connectivity index (χ1) is 7.13. The fourth-order valence-electron chi connectivity index (χ4n) is 1.18. The lowest BCUT2D eigenvalue weighted by molar-refractivity contribution is -0.145. The summed E-state index contributed by atoms with van der Waals surface area (Å²) in [6.45, 7) is 2.09. The first kappa shape index (κ1) is 12.4. The van der Waals surface area contributed by atoms with Crippen molar-refractivity contribution in [1.29, 1.82) is 0 Å². The van der Waals surface area contributed by atoms with Crippen molar-refractivity contribution in [1.82, 2.24) is 0 Å². The van der Waals surface area contributed by atoms with Gasteiger partial charge >= 0.3 is 5.97 Å². The zero-order chi connectivity index (χ0) is 11.3. The molecule has 0 saturated carbocycles. The van der Waals surface area contributed by atoms with Crippen LogP contribution in [0.4, 0.5) is 0 Å². The molecule has 0 saturated heterocycles. The van der Waals surface area contributed by atoms with Crippen molar-refractivity contribution in [2.24, 2.45) is 0 Å². The number of rotatable bonds is 4. The number of esters is 1. The van der Waals surface area contributed by atoms with Gasteiger partial charge in [-0.15, -0.1) is 0 Å². The van der Waals surface area contributed by atoms with E-state index in [2.05, 4.69) is 22.6 Å². The molecule has 0 fully saturated rings. The molecule has 1 aromatic rings. The summed E-state index contributed by atoms with van der Waals surface area (Å²) in [5.41, 5.74) is 0.739. The lowest BCUT2D eigenvalue weighted by atomic mass is 10.1. The molecule has 0 aromatic heterocycles. The summed E-state index contributed by atoms with van der Waals surface area (Å²) in [6.07, 6.45) is -0.768. The summed E-state index contributed by atoms with van der Waals surface area (Å²) in [5.74, 6) is -0.372. The molecule has 0 amide bonds. The molecule has 82 valence electrons. The van der Waals surface area contributed by atoms with E-state index in [1.165, 1.54) is 0 Å². The standard InChI is InChI=1S/C11H13IO3/c1-2-15-11(14)7-10(13)8-3-5-9(12)6-4-8/h3-6,10,13H,2,7H2,1H3. The van der Waals surface area contributed by atoms with E-state index in [-0.39, 0.29) is 12.4 Å². The summed E-state index contributed by atoms with van der Waals surface area (Å²) in [5, 5.41) is 9.71. The molecule has 15 heavy (non-hydrogen) atoms. The fourth-order valence-corrected chi connectivity index (χ4v) is 1.54. The van der Waals surface area contributed by atoms with Crippen LogP contribution in [0.3, 0.4) is 0 Å². The third-order valence-corrected chi connectivity index (χ3v) is 2.64. The molecule has 1 rings (SSSR count). The summed E-state index contributed by atoms with van der Waals surface area (Å²) in [7, 11) is 0. The van der Waals surface area contributed by atoms with E-state index in [9.17, 15) is 9.90 Å². The Morgan fingerprint density at radius 1 is 1.47 bits per heavy atom. The van der Waals surface area contributed by atoms with Gasteiger partial charge in [-0.2, -0.15) is 0 Å². The van der Waals surface area contributed by atoms with Gasteiger partial charge in [0.15, 0.2) is 0 Å². The second-order valence-electron chi connectivity index (χ2n) is 3.08. The first-order valence-corrected chi connectivity index (χ1v) is 5.80. The SMILES string of the molecule is CCOC(=O)CC(O)c1ccc(I)cc1. The van der Waals surface area contributed by atoms with Crippen molar-refractivity contribution in [2.45, 2.75) is 19.4 Å². The van der Waals surface area contributed by atoms with Gasteiger partial charge in [-0.05, 0) is 47.2 Å². The second-order valence-corrected chi connectivity index (χ2v) is 4.32. The Labute approximate surface area is 103 Å². The Morgan fingerprint density at radius 3 is 2.60 bits per heavy atom. The van der Waals surface area contributed by atoms with Gasteiger partial charge in [0.25, 0.3) is 0 Å². The monoisotopic (exact) mass is 320 g/mol. The van der Waals surface area contributed by atoms with E-state index in [0.29, 0.717) is 6.61 Å². The molecule has 1 unspecified atom stereocenters. The number of aliphatic hydroxyl groups excluding tert-OH is 1. The van der Waals surface area contributed by atoms with Crippen molar-refractivity contribution in [3.63, 3.8) is 0 Å². The molecule has 0 heterocycles. The lowest BCUT2D eigenvalue weighted by Crippen LogP contribution is -2.09. The average molecular weight is 320 g/mol. The highest BCUT2D eigenvalue weighted by Crippen LogP contribution is 2.18. The minimum absolute atomic E-state index is 0.00837. The minimum atomic E-state index is -0.777. The van der Waals surface area contributed by atoms with Crippen LogP contribution in [0.5, 0.6) is 0 Å². The smallest absolute Gasteiger partial charge is 0.308 e. The fraction of sp³-hybridized carbons (Fsp3) is 0.364. The van der Waals surface area contributed by atoms with Gasteiger partial charge in [0.05, 0.1) is 19.1 Å². The zero-order valence-electron chi connectivity index (χ0n) is 8.44. The maximum Gasteiger partial charge on any atom is 0.308 e. The van der Waals surface area contributed by atoms with Crippen molar-refractivity contribution in [2.75, 3.05) is 6.61 Å². The maximum atomic E-state index is 11.1. The molecule has 0 radical (unpaired) electrons. The number of halogens is 1. The predicted octanol–water partition coefficient (Wildman–Crippen LogP) is 2.28. The molecular weight excluding hydrogens is 307 g/mol. The molecule has 4 heteroatoms. The van der Waals surface area contributed by atoms with Crippen molar-refractivity contribution >= 4 is 28.6 Å². The molecule has 0 aliphatic carbocycles. The number of hydrogen-bond acceptors (Lipinski definition) is 3. The van der Waals surface area contributed by atoms with Crippen LogP contribution < -0.4 is 0 Å². The highest BCUT2D eigenvalue weighted by atomic mass is 127. The van der Waals surface area contributed by atoms with Gasteiger partial charge in [0.1, 0.15) is 0 Å². The molecular formula is C11H13IO3. The summed E-state index contributed by atoms with van der Waals surface area (Å²) >= 11 is 2.19. The number of carbonyl (C=O) groups is 1. The van der Waals surface area contributed by atoms with Gasteiger partial charge < -0.3 is 9.84 Å². The van der Waals surface area contributed by atoms with Crippen LogP contribution in [-0.4, -0.2) is 17.7 Å². The van der Waals surface area contributed by atoms with Gasteiger partial charge in [0.2, 0.25) is 0 Å². The highest BCUT2D eigenvalue weighted by Gasteiger charge is 2.13. The Kier molecular flexibility index (Phi) is 5.04. The largest absolute Gasteiger partial charge is 0.466 e. The Bertz CT molecular complexity index is 321. The zero-order valence-corrected chi connectivity index (χ0v) is 10.6. The highest BCUT2D eigenvalue weighted by molar-refractivity contribution is 14.1. The van der Waals surface area contributed by atoms with E-state index in [1.807, 2.05) is 24.3 Å². The normalized spacial score (nSPS) is 12.2. The van der Waals surface area contributed by atoms with Crippen LogP contribution >= 0.6 is 22.6 Å². The molecule has 1 N–H and O–H groups in total. The number of benzene rings is 1. The van der Waals surface area contributed by atoms with E-state index < -0.39 is 6.10 Å². The van der Waals surface area contributed by atoms with Crippen LogP contribution in [0.25, 0.3) is 0 Å². The van der Waals surface area contributed by atoms with Crippen LogP contribution in [0, 0.1) is 3.57 Å². The molecule has 3 nitrogen and oxygen atoms in total. The van der Waals surface area contributed by atoms with Gasteiger partial charge in [0, 0.05) is 3.57 Å². The Balaban J connectivity index is 2.57. The Hall–Kier alpha value is -0.620. The summed E-state index contributed by atoms with van der Waals surface area (Å²) in [4.78, 5) is 11.1. The van der Waals surface area contributed by atoms with Crippen LogP contribution in [-0.2, 0) is 9.53 Å². The minimum Gasteiger partial charge on any atom is -0.466 e. The molecule has 1 atom stereocenters. The van der Waals surface area contributed by atoms with E-state index >= 15 is 0 Å². The molecule has 0 aliphatic heterocycles. The summed E-state index contributed by atoms with van der Waals surface area (Å²) in [6, 6.07) is 7.41. The van der Waals surface area contributed by atoms with Gasteiger partial charge in [-0.25, -0.2) is 0 Å². The second kappa shape index (κ2) is 6.07. The van der Waals surface area contributed by atoms with Crippen LogP contribution in [0.1, 0.15) is 25.0 Å². The van der Waals surface area contributed by atoms with Crippen LogP contribution in [0.15, 0.2) is 24.3 Å². The van der Waals surface area contributed by atoms with Crippen LogP contribution in [0.2, 0.25) is 0 Å². The molecule has 0 aliphatic rings. The number of aliphatic hydroxyl groups is 1. The third-order valence-electron chi connectivity index (χ3n) is 1.92. The average Bonchev–Trinajstić information content (AvgIpc) is 2.18. The number of hydrogen-bond donors (Lipinski definition) is 1. The predicted molar refractivity (Wildman–Crippen MR) is 65.4 cm³/mol. The van der Waals surface area contributed by atoms with Gasteiger partial charge in [-0.1, -0.05) is 12.1 Å². The quantitative estimate of drug-likeness (QED) is 0.684. The molecule has 0 bridgehead atoms. The topological polar surface area (TPSA) is 46.5 Å². The van der Waals surface area contributed by atoms with E-state index in [0.717, 1.165) is 9.13 Å². The number of carbonyl (C=O) groups excluding carboxylic acids is 1. The van der Waals surface area contributed by atoms with E-state index in [1.54, 1.807) is 6.92 Å². The molecule has 1 aromatic carbocycles. The van der Waals surface area contributed by atoms with E-state index in [4.69, 9.17) is 4.74 Å². The molecule has 0 spiro atoms. The third kappa shape index (κ3) is 4.17. The first-order valence-electron chi connectivity index (χ1n) is 4.72. The lowest BCUT2D eigenvalue weighted by Gasteiger charge is -2.09. The maximum absolute atomic E-state index is 11.1.